The smallest absolute Gasteiger partial charge is 0.0785 e. The van der Waals surface area contributed by atoms with E-state index in [1.807, 2.05) is 0 Å². The highest BCUT2D eigenvalue weighted by Gasteiger charge is 2.46. The minimum atomic E-state index is 0.162. The summed E-state index contributed by atoms with van der Waals surface area (Å²) >= 11 is 0. The van der Waals surface area contributed by atoms with Crippen molar-refractivity contribution < 1.29 is 0 Å². The first-order chi connectivity index (χ1) is 12.1. The molecule has 1 aliphatic rings. The fourth-order valence-corrected chi connectivity index (χ4v) is 4.39. The van der Waals surface area contributed by atoms with Crippen molar-refractivity contribution in [3.05, 3.63) is 71.8 Å². The van der Waals surface area contributed by atoms with Crippen LogP contribution in [0.4, 0.5) is 0 Å². The third-order valence-corrected chi connectivity index (χ3v) is 5.57. The maximum absolute atomic E-state index is 6.64. The fraction of sp³-hybridized carbons (Fsp3) is 0.455. The molecule has 2 N–H and O–H groups in total. The van der Waals surface area contributed by atoms with Crippen molar-refractivity contribution in [1.82, 2.24) is 9.80 Å². The van der Waals surface area contributed by atoms with Gasteiger partial charge in [-0.3, -0.25) is 9.80 Å². The van der Waals surface area contributed by atoms with Gasteiger partial charge in [-0.2, -0.15) is 0 Å². The lowest BCUT2D eigenvalue weighted by molar-refractivity contribution is 0.127. The van der Waals surface area contributed by atoms with E-state index in [1.165, 1.54) is 24.0 Å². The lowest BCUT2D eigenvalue weighted by Gasteiger charge is -2.32. The van der Waals surface area contributed by atoms with Crippen molar-refractivity contribution in [3.8, 4) is 0 Å². The molecule has 1 fully saturated rings. The Kier molecular flexibility index (Phi) is 5.89. The summed E-state index contributed by atoms with van der Waals surface area (Å²) in [7, 11) is 4.46. The Morgan fingerprint density at radius 1 is 0.840 bits per heavy atom. The van der Waals surface area contributed by atoms with Crippen LogP contribution in [-0.2, 0) is 0 Å². The molecule has 0 amide bonds. The summed E-state index contributed by atoms with van der Waals surface area (Å²) in [5.74, 6) is 0. The van der Waals surface area contributed by atoms with Crippen LogP contribution in [-0.4, -0.2) is 36.1 Å². The molecule has 1 heterocycles. The minimum Gasteiger partial charge on any atom is -0.325 e. The first kappa shape index (κ1) is 18.1. The summed E-state index contributed by atoms with van der Waals surface area (Å²) < 4.78 is 0. The Bertz CT molecular complexity index is 591. The van der Waals surface area contributed by atoms with Gasteiger partial charge < -0.3 is 5.73 Å². The molecule has 3 heteroatoms. The van der Waals surface area contributed by atoms with Gasteiger partial charge in [0.1, 0.15) is 0 Å². The van der Waals surface area contributed by atoms with Crippen LogP contribution in [0.1, 0.15) is 49.4 Å². The van der Waals surface area contributed by atoms with Crippen molar-refractivity contribution in [2.75, 3.05) is 14.1 Å². The maximum Gasteiger partial charge on any atom is 0.0785 e. The van der Waals surface area contributed by atoms with E-state index in [0.717, 1.165) is 6.42 Å². The molecule has 3 nitrogen and oxygen atoms in total. The molecule has 3 rings (SSSR count). The summed E-state index contributed by atoms with van der Waals surface area (Å²) in [5.41, 5.74) is 9.36. The second-order valence-corrected chi connectivity index (χ2v) is 7.26. The van der Waals surface area contributed by atoms with Crippen LogP contribution < -0.4 is 5.73 Å². The highest BCUT2D eigenvalue weighted by Crippen LogP contribution is 2.46. The molecule has 25 heavy (non-hydrogen) atoms. The third kappa shape index (κ3) is 3.64. The molecule has 2 aromatic rings. The lowest BCUT2D eigenvalue weighted by Crippen LogP contribution is -2.49. The van der Waals surface area contributed by atoms with E-state index in [2.05, 4.69) is 91.5 Å². The molecule has 0 unspecified atom stereocenters. The van der Waals surface area contributed by atoms with Crippen molar-refractivity contribution in [2.24, 2.45) is 5.73 Å². The third-order valence-electron chi connectivity index (χ3n) is 5.57. The molecule has 1 saturated heterocycles. The number of unbranched alkanes of at least 4 members (excludes halogenated alkanes) is 1. The Hall–Kier alpha value is -1.68. The number of hydrogen-bond donors (Lipinski definition) is 1. The van der Waals surface area contributed by atoms with Crippen molar-refractivity contribution in [2.45, 2.75) is 50.5 Å². The standard InChI is InChI=1S/C22H31N3/c1-4-5-16-19(23)22-24(2)20(17-12-8-6-9-13-17)21(25(22)3)18-14-10-7-11-15-18/h6-15,19-22H,4-5,16,23H2,1-3H3/t19-,20+,21+/m0/s1. The predicted molar refractivity (Wildman–Crippen MR) is 105 cm³/mol. The molecule has 0 aliphatic carbocycles. The van der Waals surface area contributed by atoms with E-state index in [-0.39, 0.29) is 12.2 Å². The second kappa shape index (κ2) is 8.13. The molecule has 3 atom stereocenters. The minimum absolute atomic E-state index is 0.162. The first-order valence-corrected chi connectivity index (χ1v) is 9.44. The average molecular weight is 338 g/mol. The van der Waals surface area contributed by atoms with Crippen LogP contribution in [0.5, 0.6) is 0 Å². The van der Waals surface area contributed by atoms with Gasteiger partial charge in [0.2, 0.25) is 0 Å². The second-order valence-electron chi connectivity index (χ2n) is 7.26. The number of benzene rings is 2. The lowest BCUT2D eigenvalue weighted by atomic mass is 9.93. The zero-order chi connectivity index (χ0) is 17.8. The zero-order valence-electron chi connectivity index (χ0n) is 15.7. The Balaban J connectivity index is 1.98. The molecule has 0 bridgehead atoms. The van der Waals surface area contributed by atoms with E-state index < -0.39 is 0 Å². The maximum atomic E-state index is 6.64. The molecule has 0 spiro atoms. The van der Waals surface area contributed by atoms with Gasteiger partial charge in [-0.05, 0) is 31.6 Å². The molecule has 1 aliphatic heterocycles. The van der Waals surface area contributed by atoms with Crippen LogP contribution >= 0.6 is 0 Å². The topological polar surface area (TPSA) is 32.5 Å². The molecule has 0 aromatic heterocycles. The number of likely N-dealkylation sites (N-methyl/N-ethyl adjacent to an activating group) is 2. The van der Waals surface area contributed by atoms with E-state index in [0.29, 0.717) is 12.1 Å². The van der Waals surface area contributed by atoms with Crippen LogP contribution in [0.2, 0.25) is 0 Å². The van der Waals surface area contributed by atoms with E-state index in [4.69, 9.17) is 5.73 Å². The van der Waals surface area contributed by atoms with Gasteiger partial charge >= 0.3 is 0 Å². The van der Waals surface area contributed by atoms with Gasteiger partial charge in [-0.15, -0.1) is 0 Å². The summed E-state index contributed by atoms with van der Waals surface area (Å²) in [5, 5.41) is 0. The van der Waals surface area contributed by atoms with Crippen LogP contribution in [0.3, 0.4) is 0 Å². The predicted octanol–water partition coefficient (Wildman–Crippen LogP) is 4.19. The summed E-state index contributed by atoms with van der Waals surface area (Å²) in [6.45, 7) is 2.23. The molecule has 0 radical (unpaired) electrons. The van der Waals surface area contributed by atoms with Gasteiger partial charge in [-0.1, -0.05) is 80.4 Å². The summed E-state index contributed by atoms with van der Waals surface area (Å²) in [6, 6.07) is 22.5. The summed E-state index contributed by atoms with van der Waals surface area (Å²) in [4.78, 5) is 4.96. The van der Waals surface area contributed by atoms with Crippen LogP contribution in [0.25, 0.3) is 0 Å². The number of hydrogen-bond acceptors (Lipinski definition) is 3. The van der Waals surface area contributed by atoms with E-state index >= 15 is 0 Å². The Morgan fingerprint density at radius 3 is 1.68 bits per heavy atom. The fourth-order valence-electron chi connectivity index (χ4n) is 4.39. The van der Waals surface area contributed by atoms with Crippen molar-refractivity contribution in [1.29, 1.82) is 0 Å². The zero-order valence-corrected chi connectivity index (χ0v) is 15.7. The van der Waals surface area contributed by atoms with Gasteiger partial charge in [0, 0.05) is 6.04 Å². The molecular formula is C22H31N3. The van der Waals surface area contributed by atoms with Crippen molar-refractivity contribution in [3.63, 3.8) is 0 Å². The summed E-state index contributed by atoms with van der Waals surface area (Å²) in [6.07, 6.45) is 3.70. The quantitative estimate of drug-likeness (QED) is 0.858. The van der Waals surface area contributed by atoms with Gasteiger partial charge in [-0.25, -0.2) is 0 Å². The van der Waals surface area contributed by atoms with Crippen LogP contribution in [0, 0.1) is 0 Å². The van der Waals surface area contributed by atoms with E-state index in [1.54, 1.807) is 0 Å². The van der Waals surface area contributed by atoms with Gasteiger partial charge in [0.25, 0.3) is 0 Å². The SMILES string of the molecule is CCCC[C@H](N)C1N(C)[C@H](c2ccccc2)[C@@H](c2ccccc2)N1C. The average Bonchev–Trinajstić information content (AvgIpc) is 2.91. The van der Waals surface area contributed by atoms with Crippen molar-refractivity contribution >= 4 is 0 Å². The Labute approximate surface area is 152 Å². The molecule has 134 valence electrons. The van der Waals surface area contributed by atoms with Gasteiger partial charge in [0.05, 0.1) is 18.2 Å². The van der Waals surface area contributed by atoms with Crippen LogP contribution in [0.15, 0.2) is 60.7 Å². The largest absolute Gasteiger partial charge is 0.325 e. The normalized spacial score (nSPS) is 23.8. The molecule has 2 aromatic carbocycles. The number of nitrogens with two attached hydrogens (primary N) is 1. The van der Waals surface area contributed by atoms with Gasteiger partial charge in [0.15, 0.2) is 0 Å². The van der Waals surface area contributed by atoms with E-state index in [9.17, 15) is 0 Å². The monoisotopic (exact) mass is 337 g/mol. The first-order valence-electron chi connectivity index (χ1n) is 9.44. The highest BCUT2D eigenvalue weighted by molar-refractivity contribution is 5.30. The number of rotatable bonds is 6. The highest BCUT2D eigenvalue weighted by atomic mass is 15.4. The molecular weight excluding hydrogens is 306 g/mol. The number of nitrogens with zero attached hydrogens (tertiary/aromatic N) is 2. The molecule has 0 saturated carbocycles. The Morgan fingerprint density at radius 2 is 1.28 bits per heavy atom.